The molecule has 1 amide bonds. The SMILES string of the molecule is CCOC(=O)C(Cc1ccc(C(=O)C(C)Br)cc1)(NC(C)=O)C(=O)OCC. The Morgan fingerprint density at radius 3 is 1.89 bits per heavy atom. The van der Waals surface area contributed by atoms with Crippen LogP contribution in [0.15, 0.2) is 24.3 Å². The summed E-state index contributed by atoms with van der Waals surface area (Å²) in [4.78, 5) is 48.6. The predicted molar refractivity (Wildman–Crippen MR) is 103 cm³/mol. The molecule has 0 spiro atoms. The van der Waals surface area contributed by atoms with E-state index >= 15 is 0 Å². The van der Waals surface area contributed by atoms with Crippen molar-refractivity contribution in [2.45, 2.75) is 44.5 Å². The fourth-order valence-corrected chi connectivity index (χ4v) is 2.77. The molecule has 27 heavy (non-hydrogen) atoms. The lowest BCUT2D eigenvalue weighted by molar-refractivity contribution is -0.168. The van der Waals surface area contributed by atoms with Crippen molar-refractivity contribution in [3.63, 3.8) is 0 Å². The van der Waals surface area contributed by atoms with Crippen LogP contribution in [0.5, 0.6) is 0 Å². The first-order valence-corrected chi connectivity index (χ1v) is 9.49. The number of halogens is 1. The first-order valence-electron chi connectivity index (χ1n) is 8.58. The molecule has 0 radical (unpaired) electrons. The molecule has 1 unspecified atom stereocenters. The lowest BCUT2D eigenvalue weighted by Crippen LogP contribution is -2.62. The topological polar surface area (TPSA) is 98.8 Å². The lowest BCUT2D eigenvalue weighted by atomic mass is 9.89. The number of hydrogen-bond acceptors (Lipinski definition) is 6. The smallest absolute Gasteiger partial charge is 0.344 e. The zero-order valence-corrected chi connectivity index (χ0v) is 17.4. The van der Waals surface area contributed by atoms with E-state index in [-0.39, 0.29) is 30.2 Å². The molecule has 1 atom stereocenters. The number of carbonyl (C=O) groups is 4. The highest BCUT2D eigenvalue weighted by molar-refractivity contribution is 9.10. The minimum atomic E-state index is -1.99. The van der Waals surface area contributed by atoms with Gasteiger partial charge in [0, 0.05) is 18.9 Å². The van der Waals surface area contributed by atoms with Gasteiger partial charge in [-0.25, -0.2) is 9.59 Å². The Hall–Kier alpha value is -2.22. The summed E-state index contributed by atoms with van der Waals surface area (Å²) in [6.45, 7) is 6.20. The van der Waals surface area contributed by atoms with Gasteiger partial charge in [-0.3, -0.25) is 9.59 Å². The summed E-state index contributed by atoms with van der Waals surface area (Å²) in [6, 6.07) is 6.45. The first-order chi connectivity index (χ1) is 12.7. The summed E-state index contributed by atoms with van der Waals surface area (Å²) in [6.07, 6.45) is -0.164. The Balaban J connectivity index is 3.29. The molecular formula is C19H24BrNO6. The van der Waals surface area contributed by atoms with E-state index in [1.54, 1.807) is 45.0 Å². The summed E-state index contributed by atoms with van der Waals surface area (Å²) in [7, 11) is 0. The number of ketones is 1. The van der Waals surface area contributed by atoms with E-state index in [1.807, 2.05) is 0 Å². The van der Waals surface area contributed by atoms with Crippen molar-refractivity contribution in [1.82, 2.24) is 5.32 Å². The normalized spacial score (nSPS) is 12.0. The van der Waals surface area contributed by atoms with Crippen molar-refractivity contribution in [3.8, 4) is 0 Å². The maximum Gasteiger partial charge on any atom is 0.344 e. The van der Waals surface area contributed by atoms with Crippen LogP contribution in [0.25, 0.3) is 0 Å². The largest absolute Gasteiger partial charge is 0.464 e. The molecule has 7 nitrogen and oxygen atoms in total. The van der Waals surface area contributed by atoms with Gasteiger partial charge in [-0.15, -0.1) is 0 Å². The van der Waals surface area contributed by atoms with Crippen molar-refractivity contribution in [2.75, 3.05) is 13.2 Å². The third-order valence-corrected chi connectivity index (χ3v) is 4.12. The highest BCUT2D eigenvalue weighted by Gasteiger charge is 2.50. The van der Waals surface area contributed by atoms with Crippen LogP contribution in [-0.2, 0) is 30.3 Å². The summed E-state index contributed by atoms with van der Waals surface area (Å²) in [5.74, 6) is -2.46. The quantitative estimate of drug-likeness (QED) is 0.273. The van der Waals surface area contributed by atoms with Crippen molar-refractivity contribution < 1.29 is 28.7 Å². The molecule has 0 heterocycles. The number of esters is 2. The van der Waals surface area contributed by atoms with E-state index in [0.29, 0.717) is 11.1 Å². The van der Waals surface area contributed by atoms with Crippen LogP contribution < -0.4 is 5.32 Å². The molecule has 0 aromatic heterocycles. The van der Waals surface area contributed by atoms with Gasteiger partial charge < -0.3 is 14.8 Å². The molecule has 1 aromatic carbocycles. The highest BCUT2D eigenvalue weighted by Crippen LogP contribution is 2.20. The summed E-state index contributed by atoms with van der Waals surface area (Å²) in [5, 5.41) is 2.40. The number of rotatable bonds is 9. The zero-order chi connectivity index (χ0) is 20.6. The minimum Gasteiger partial charge on any atom is -0.464 e. The molecule has 0 aliphatic heterocycles. The molecule has 1 rings (SSSR count). The fraction of sp³-hybridized carbons (Fsp3) is 0.474. The molecule has 1 N–H and O–H groups in total. The minimum absolute atomic E-state index is 0.0378. The summed E-state index contributed by atoms with van der Waals surface area (Å²) in [5.41, 5.74) is -0.948. The van der Waals surface area contributed by atoms with Gasteiger partial charge in [0.25, 0.3) is 0 Å². The van der Waals surface area contributed by atoms with Crippen molar-refractivity contribution in [1.29, 1.82) is 0 Å². The average molecular weight is 442 g/mol. The Labute approximate surface area is 166 Å². The van der Waals surface area contributed by atoms with Gasteiger partial charge >= 0.3 is 11.9 Å². The number of ether oxygens (including phenoxy) is 2. The Morgan fingerprint density at radius 2 is 1.52 bits per heavy atom. The van der Waals surface area contributed by atoms with Crippen molar-refractivity contribution >= 4 is 39.6 Å². The zero-order valence-electron chi connectivity index (χ0n) is 15.8. The summed E-state index contributed by atoms with van der Waals surface area (Å²) < 4.78 is 10.1. The molecule has 1 aromatic rings. The fourth-order valence-electron chi connectivity index (χ4n) is 2.51. The molecule has 0 saturated heterocycles. The Morgan fingerprint density at radius 1 is 1.04 bits per heavy atom. The molecule has 148 valence electrons. The van der Waals surface area contributed by atoms with Crippen LogP contribution in [-0.4, -0.2) is 47.2 Å². The molecule has 0 aliphatic carbocycles. The predicted octanol–water partition coefficient (Wildman–Crippen LogP) is 2.20. The Kier molecular flexibility index (Phi) is 8.62. The van der Waals surface area contributed by atoms with Gasteiger partial charge in [0.2, 0.25) is 11.4 Å². The van der Waals surface area contributed by atoms with Crippen LogP contribution in [0.4, 0.5) is 0 Å². The third kappa shape index (κ3) is 5.89. The van der Waals surface area contributed by atoms with Crippen LogP contribution >= 0.6 is 15.9 Å². The third-order valence-electron chi connectivity index (χ3n) is 3.71. The number of benzene rings is 1. The van der Waals surface area contributed by atoms with E-state index in [1.165, 1.54) is 6.92 Å². The molecule has 0 aliphatic rings. The van der Waals surface area contributed by atoms with E-state index < -0.39 is 23.4 Å². The van der Waals surface area contributed by atoms with E-state index in [0.717, 1.165) is 0 Å². The van der Waals surface area contributed by atoms with E-state index in [9.17, 15) is 19.2 Å². The second kappa shape index (κ2) is 10.2. The van der Waals surface area contributed by atoms with Gasteiger partial charge in [0.1, 0.15) is 0 Å². The lowest BCUT2D eigenvalue weighted by Gasteiger charge is -2.29. The average Bonchev–Trinajstić information content (AvgIpc) is 2.61. The number of hydrogen-bond donors (Lipinski definition) is 1. The number of Topliss-reactive ketones (excluding diaryl/α,β-unsaturated/α-hetero) is 1. The van der Waals surface area contributed by atoms with Crippen LogP contribution in [0, 0.1) is 0 Å². The highest BCUT2D eigenvalue weighted by atomic mass is 79.9. The van der Waals surface area contributed by atoms with Gasteiger partial charge in [0.05, 0.1) is 18.0 Å². The maximum absolute atomic E-state index is 12.6. The van der Waals surface area contributed by atoms with Crippen molar-refractivity contribution in [3.05, 3.63) is 35.4 Å². The molecule has 0 fully saturated rings. The second-order valence-corrected chi connectivity index (χ2v) is 7.25. The maximum atomic E-state index is 12.6. The first kappa shape index (κ1) is 22.8. The van der Waals surface area contributed by atoms with E-state index in [2.05, 4.69) is 21.2 Å². The van der Waals surface area contributed by atoms with Crippen LogP contribution in [0.2, 0.25) is 0 Å². The number of amides is 1. The second-order valence-electron chi connectivity index (χ2n) is 5.88. The van der Waals surface area contributed by atoms with E-state index in [4.69, 9.17) is 9.47 Å². The molecule has 8 heteroatoms. The summed E-state index contributed by atoms with van der Waals surface area (Å²) >= 11 is 3.22. The molecule has 0 saturated carbocycles. The van der Waals surface area contributed by atoms with Crippen LogP contribution in [0.3, 0.4) is 0 Å². The van der Waals surface area contributed by atoms with Gasteiger partial charge in [-0.2, -0.15) is 0 Å². The molecular weight excluding hydrogens is 418 g/mol. The number of nitrogens with one attached hydrogen (secondary N) is 1. The van der Waals surface area contributed by atoms with Crippen molar-refractivity contribution in [2.24, 2.45) is 0 Å². The van der Waals surface area contributed by atoms with Gasteiger partial charge in [-0.1, -0.05) is 40.2 Å². The standard InChI is InChI=1S/C19H24BrNO6/c1-5-26-17(24)19(21-13(4)22,18(25)27-6-2)11-14-7-9-15(10-8-14)16(23)12(3)20/h7-10,12H,5-6,11H2,1-4H3,(H,21,22). The van der Waals surface area contributed by atoms with Gasteiger partial charge in [0.15, 0.2) is 5.78 Å². The number of carbonyl (C=O) groups excluding carboxylic acids is 4. The Bertz CT molecular complexity index is 681. The monoisotopic (exact) mass is 441 g/mol. The number of alkyl halides is 1. The molecule has 0 bridgehead atoms. The van der Waals surface area contributed by atoms with Crippen LogP contribution in [0.1, 0.15) is 43.6 Å². The van der Waals surface area contributed by atoms with Gasteiger partial charge in [-0.05, 0) is 26.3 Å².